The van der Waals surface area contributed by atoms with Crippen LogP contribution >= 0.6 is 18.2 Å². The Morgan fingerprint density at radius 2 is 1.77 bits per heavy atom. The SMILES string of the molecule is CCCCCCSP(=O)(OC)OC. The summed E-state index contributed by atoms with van der Waals surface area (Å²) in [6.45, 7) is -0.644. The van der Waals surface area contributed by atoms with Gasteiger partial charge in [0.1, 0.15) is 0 Å². The van der Waals surface area contributed by atoms with E-state index in [-0.39, 0.29) is 0 Å². The van der Waals surface area contributed by atoms with Crippen LogP contribution in [0.2, 0.25) is 0 Å². The van der Waals surface area contributed by atoms with Crippen LogP contribution in [0.25, 0.3) is 0 Å². The molecule has 0 heterocycles. The summed E-state index contributed by atoms with van der Waals surface area (Å²) in [4.78, 5) is 0. The molecule has 0 rings (SSSR count). The first-order valence-electron chi connectivity index (χ1n) is 4.54. The molecule has 3 nitrogen and oxygen atoms in total. The van der Waals surface area contributed by atoms with Crippen LogP contribution in [0, 0.1) is 0 Å². The van der Waals surface area contributed by atoms with E-state index in [4.69, 9.17) is 9.05 Å². The largest absolute Gasteiger partial charge is 0.388 e. The van der Waals surface area contributed by atoms with Gasteiger partial charge >= 0.3 is 6.80 Å². The lowest BCUT2D eigenvalue weighted by molar-refractivity contribution is 0.295. The van der Waals surface area contributed by atoms with Gasteiger partial charge in [-0.3, -0.25) is 0 Å². The van der Waals surface area contributed by atoms with Crippen molar-refractivity contribution in [3.8, 4) is 0 Å². The molecule has 0 fully saturated rings. The third-order valence-electron chi connectivity index (χ3n) is 1.69. The molecule has 5 heteroatoms. The number of hydrogen-bond donors (Lipinski definition) is 0. The fraction of sp³-hybridized carbons (Fsp3) is 1.00. The molecule has 0 radical (unpaired) electrons. The van der Waals surface area contributed by atoms with Gasteiger partial charge in [-0.05, 0) is 17.8 Å². The maximum Gasteiger partial charge on any atom is 0.388 e. The fourth-order valence-corrected chi connectivity index (χ4v) is 3.49. The van der Waals surface area contributed by atoms with Crippen LogP contribution in [0.15, 0.2) is 0 Å². The lowest BCUT2D eigenvalue weighted by atomic mass is 10.2. The Balaban J connectivity index is 3.45. The molecule has 0 amide bonds. The van der Waals surface area contributed by atoms with Crippen molar-refractivity contribution in [2.75, 3.05) is 20.0 Å². The second-order valence-corrected chi connectivity index (χ2v) is 7.11. The van der Waals surface area contributed by atoms with Crippen molar-refractivity contribution < 1.29 is 13.6 Å². The third kappa shape index (κ3) is 6.55. The molecule has 0 atom stereocenters. The first kappa shape index (κ1) is 13.5. The molecule has 0 aromatic rings. The van der Waals surface area contributed by atoms with E-state index in [9.17, 15) is 4.57 Å². The predicted octanol–water partition coefficient (Wildman–Crippen LogP) is 3.70. The summed E-state index contributed by atoms with van der Waals surface area (Å²) in [6, 6.07) is 0. The van der Waals surface area contributed by atoms with Crippen molar-refractivity contribution in [3.05, 3.63) is 0 Å². The van der Waals surface area contributed by atoms with E-state index in [1.165, 1.54) is 44.9 Å². The Labute approximate surface area is 84.9 Å². The van der Waals surface area contributed by atoms with Crippen LogP contribution in [0.5, 0.6) is 0 Å². The van der Waals surface area contributed by atoms with Gasteiger partial charge in [0.25, 0.3) is 0 Å². The summed E-state index contributed by atoms with van der Waals surface area (Å²) in [5.74, 6) is 0.846. The molecule has 0 aromatic carbocycles. The highest BCUT2D eigenvalue weighted by molar-refractivity contribution is 8.55. The number of unbranched alkanes of at least 4 members (excludes halogenated alkanes) is 3. The molecule has 0 aliphatic rings. The maximum absolute atomic E-state index is 11.5. The van der Waals surface area contributed by atoms with E-state index in [0.29, 0.717) is 0 Å². The quantitative estimate of drug-likeness (QED) is 0.467. The van der Waals surface area contributed by atoms with E-state index in [2.05, 4.69) is 6.92 Å². The van der Waals surface area contributed by atoms with Crippen molar-refractivity contribution in [1.29, 1.82) is 0 Å². The molecule has 0 aliphatic heterocycles. The van der Waals surface area contributed by atoms with Gasteiger partial charge in [0.2, 0.25) is 0 Å². The third-order valence-corrected chi connectivity index (χ3v) is 5.77. The van der Waals surface area contributed by atoms with E-state index >= 15 is 0 Å². The molecule has 0 spiro atoms. The second-order valence-electron chi connectivity index (χ2n) is 2.71. The van der Waals surface area contributed by atoms with Crippen LogP contribution < -0.4 is 0 Å². The zero-order valence-electron chi connectivity index (χ0n) is 8.62. The Morgan fingerprint density at radius 1 is 1.15 bits per heavy atom. The lowest BCUT2D eigenvalue weighted by Gasteiger charge is -2.11. The van der Waals surface area contributed by atoms with Crippen LogP contribution in [-0.2, 0) is 13.6 Å². The first-order chi connectivity index (χ1) is 6.18. The molecular weight excluding hydrogens is 207 g/mol. The van der Waals surface area contributed by atoms with E-state index in [1.54, 1.807) is 0 Å². The Kier molecular flexibility index (Phi) is 8.17. The number of hydrogen-bond acceptors (Lipinski definition) is 4. The van der Waals surface area contributed by atoms with Crippen LogP contribution in [-0.4, -0.2) is 20.0 Å². The molecule has 0 N–H and O–H groups in total. The molecule has 0 unspecified atom stereocenters. The zero-order valence-corrected chi connectivity index (χ0v) is 10.3. The number of rotatable bonds is 8. The molecule has 0 bridgehead atoms. The summed E-state index contributed by atoms with van der Waals surface area (Å²) in [7, 11) is 2.84. The highest BCUT2D eigenvalue weighted by atomic mass is 32.7. The van der Waals surface area contributed by atoms with Crippen molar-refractivity contribution in [2.45, 2.75) is 32.6 Å². The molecule has 0 aliphatic carbocycles. The molecule has 0 saturated heterocycles. The molecule has 0 aromatic heterocycles. The van der Waals surface area contributed by atoms with Crippen molar-refractivity contribution in [1.82, 2.24) is 0 Å². The van der Waals surface area contributed by atoms with E-state index in [0.717, 1.165) is 12.2 Å². The van der Waals surface area contributed by atoms with Gasteiger partial charge in [-0.1, -0.05) is 26.2 Å². The minimum atomic E-state index is -2.81. The van der Waals surface area contributed by atoms with Crippen molar-refractivity contribution >= 4 is 18.2 Å². The van der Waals surface area contributed by atoms with Gasteiger partial charge in [0.05, 0.1) is 0 Å². The molecule has 0 saturated carbocycles. The lowest BCUT2D eigenvalue weighted by Crippen LogP contribution is -1.86. The Hall–Kier alpha value is 0.500. The fourth-order valence-electron chi connectivity index (χ4n) is 0.885. The Bertz CT molecular complexity index is 155. The first-order valence-corrected chi connectivity index (χ1v) is 7.68. The van der Waals surface area contributed by atoms with Gasteiger partial charge in [-0.15, -0.1) is 0 Å². The van der Waals surface area contributed by atoms with Crippen LogP contribution in [0.1, 0.15) is 32.6 Å². The predicted molar refractivity (Wildman–Crippen MR) is 58.2 cm³/mol. The second kappa shape index (κ2) is 7.86. The van der Waals surface area contributed by atoms with Crippen LogP contribution in [0.3, 0.4) is 0 Å². The summed E-state index contributed by atoms with van der Waals surface area (Å²) >= 11 is 1.29. The minimum Gasteiger partial charge on any atom is -0.304 e. The molecule has 13 heavy (non-hydrogen) atoms. The van der Waals surface area contributed by atoms with E-state index in [1.807, 2.05) is 0 Å². The summed E-state index contributed by atoms with van der Waals surface area (Å²) < 4.78 is 21.1. The summed E-state index contributed by atoms with van der Waals surface area (Å²) in [5.41, 5.74) is 0. The monoisotopic (exact) mass is 226 g/mol. The van der Waals surface area contributed by atoms with Gasteiger partial charge < -0.3 is 9.05 Å². The highest BCUT2D eigenvalue weighted by Gasteiger charge is 2.20. The average molecular weight is 226 g/mol. The standard InChI is InChI=1S/C8H19O3PS/c1-4-5-6-7-8-13-12(9,10-2)11-3/h4-8H2,1-3H3. The molecule has 80 valence electrons. The zero-order chi connectivity index (χ0) is 10.2. The van der Waals surface area contributed by atoms with Gasteiger partial charge in [0.15, 0.2) is 0 Å². The minimum absolute atomic E-state index is 0.846. The van der Waals surface area contributed by atoms with Gasteiger partial charge in [0, 0.05) is 20.0 Å². The smallest absolute Gasteiger partial charge is 0.304 e. The topological polar surface area (TPSA) is 35.5 Å². The summed E-state index contributed by atoms with van der Waals surface area (Å²) in [5, 5.41) is 0. The van der Waals surface area contributed by atoms with Crippen LogP contribution in [0.4, 0.5) is 0 Å². The average Bonchev–Trinajstić information content (AvgIpc) is 2.17. The van der Waals surface area contributed by atoms with E-state index < -0.39 is 6.80 Å². The maximum atomic E-state index is 11.5. The van der Waals surface area contributed by atoms with Crippen molar-refractivity contribution in [3.63, 3.8) is 0 Å². The highest BCUT2D eigenvalue weighted by Crippen LogP contribution is 2.59. The van der Waals surface area contributed by atoms with Gasteiger partial charge in [-0.2, -0.15) is 0 Å². The van der Waals surface area contributed by atoms with Crippen molar-refractivity contribution in [2.24, 2.45) is 0 Å². The normalized spacial score (nSPS) is 11.9. The molecular formula is C8H19O3PS. The summed E-state index contributed by atoms with van der Waals surface area (Å²) in [6.07, 6.45) is 4.73. The van der Waals surface area contributed by atoms with Gasteiger partial charge in [-0.25, -0.2) is 4.57 Å². The Morgan fingerprint density at radius 3 is 2.23 bits per heavy atom.